The van der Waals surface area contributed by atoms with E-state index in [-0.39, 0.29) is 0 Å². The van der Waals surface area contributed by atoms with E-state index in [4.69, 9.17) is 14.7 Å². The van der Waals surface area contributed by atoms with Crippen molar-refractivity contribution in [2.24, 2.45) is 5.73 Å². The van der Waals surface area contributed by atoms with E-state index in [9.17, 15) is 0 Å². The van der Waals surface area contributed by atoms with Crippen LogP contribution in [0.15, 0.2) is 0 Å². The molecule has 0 rings (SSSR count). The minimum atomic E-state index is -1.33. The average Bonchev–Trinajstić information content (AvgIpc) is 1.65. The van der Waals surface area contributed by atoms with Gasteiger partial charge in [-0.05, 0) is 0 Å². The first-order valence-electron chi connectivity index (χ1n) is 1.54. The molecule has 1 amide bonds. The summed E-state index contributed by atoms with van der Waals surface area (Å²) in [6.45, 7) is 0. The van der Waals surface area contributed by atoms with E-state index in [1.165, 1.54) is 0 Å². The average molecular weight is 230 g/mol. The minimum absolute atomic E-state index is 0.484. The summed E-state index contributed by atoms with van der Waals surface area (Å²) in [5.41, 5.74) is 4.03. The Morgan fingerprint density at radius 3 is 2.00 bits per heavy atom. The van der Waals surface area contributed by atoms with Crippen molar-refractivity contribution in [1.29, 1.82) is 0 Å². The molecule has 0 saturated heterocycles. The maximum Gasteiger partial charge on any atom is 0.402 e. The molecule has 0 aliphatic rings. The molecule has 0 bridgehead atoms. The lowest BCUT2D eigenvalue weighted by Crippen LogP contribution is -2.03. The third-order valence-electron chi connectivity index (χ3n) is 0.0546. The first kappa shape index (κ1) is 10.6. The molecule has 3 N–H and O–H groups in total. The van der Waals surface area contributed by atoms with Gasteiger partial charge < -0.3 is 10.8 Å². The van der Waals surface area contributed by atoms with Crippen LogP contribution in [0.5, 0.6) is 0 Å². The van der Waals surface area contributed by atoms with Crippen LogP contribution >= 0.6 is 22.6 Å². The second-order valence-electron chi connectivity index (χ2n) is 0.616. The van der Waals surface area contributed by atoms with Gasteiger partial charge in [0.1, 0.15) is 0 Å². The lowest BCUT2D eigenvalue weighted by atomic mass is 11.0. The molecular weight excluding hydrogens is 225 g/mol. The first-order chi connectivity index (χ1) is 3.65. The van der Waals surface area contributed by atoms with Gasteiger partial charge in [-0.15, -0.1) is 0 Å². The van der Waals surface area contributed by atoms with Crippen molar-refractivity contribution < 1.29 is 14.7 Å². The minimum Gasteiger partial charge on any atom is -0.465 e. The molecule has 1 radical (unpaired) electrons. The largest absolute Gasteiger partial charge is 0.465 e. The van der Waals surface area contributed by atoms with E-state index in [2.05, 4.69) is 5.73 Å². The molecule has 0 aromatic carbocycles. The first-order valence-corrected chi connectivity index (χ1v) is 3.07. The molecule has 0 aromatic rings. The summed E-state index contributed by atoms with van der Waals surface area (Å²) in [6, 6.07) is 0. The Hall–Kier alpha value is -0.330. The SMILES string of the molecule is NC(=O)O.O=[C]CI. The summed E-state index contributed by atoms with van der Waals surface area (Å²) >= 11 is 1.93. The molecule has 0 unspecified atom stereocenters. The Morgan fingerprint density at radius 1 is 1.88 bits per heavy atom. The van der Waals surface area contributed by atoms with Gasteiger partial charge in [0.25, 0.3) is 0 Å². The van der Waals surface area contributed by atoms with E-state index < -0.39 is 6.09 Å². The Morgan fingerprint density at radius 2 is 2.00 bits per heavy atom. The van der Waals surface area contributed by atoms with Gasteiger partial charge >= 0.3 is 6.09 Å². The second kappa shape index (κ2) is 9.83. The third-order valence-corrected chi connectivity index (χ3v) is 0.366. The van der Waals surface area contributed by atoms with Crippen molar-refractivity contribution in [3.05, 3.63) is 0 Å². The fraction of sp³-hybridized carbons (Fsp3) is 0.333. The van der Waals surface area contributed by atoms with Crippen LogP contribution in [0.2, 0.25) is 0 Å². The summed E-state index contributed by atoms with van der Waals surface area (Å²) in [7, 11) is 0. The number of nitrogens with two attached hydrogens (primary N) is 1. The second-order valence-corrected chi connectivity index (χ2v) is 1.38. The standard InChI is InChI=1S/C2H2IO.CH3NO2/c3-1-2-4;2-1(3)4/h1H2;2H2,(H,3,4). The number of halogens is 1. The molecule has 5 heteroatoms. The number of amides is 1. The van der Waals surface area contributed by atoms with Crippen molar-refractivity contribution in [3.63, 3.8) is 0 Å². The van der Waals surface area contributed by atoms with Gasteiger partial charge in [0.2, 0.25) is 6.29 Å². The van der Waals surface area contributed by atoms with Gasteiger partial charge in [0.15, 0.2) is 0 Å². The quantitative estimate of drug-likeness (QED) is 0.497. The van der Waals surface area contributed by atoms with Crippen LogP contribution in [-0.2, 0) is 4.79 Å². The maximum absolute atomic E-state index is 9.04. The number of carbonyl (C=O) groups is 1. The van der Waals surface area contributed by atoms with Crippen LogP contribution in [0.4, 0.5) is 4.79 Å². The Kier molecular flexibility index (Phi) is 13.0. The number of rotatable bonds is 1. The number of primary amides is 1. The summed E-state index contributed by atoms with van der Waals surface area (Å²) in [5.74, 6) is 0. The van der Waals surface area contributed by atoms with Crippen molar-refractivity contribution in [3.8, 4) is 0 Å². The van der Waals surface area contributed by atoms with Gasteiger partial charge in [0.05, 0.1) is 4.43 Å². The van der Waals surface area contributed by atoms with Crippen LogP contribution in [0.3, 0.4) is 0 Å². The maximum atomic E-state index is 9.04. The zero-order valence-electron chi connectivity index (χ0n) is 3.93. The molecule has 8 heavy (non-hydrogen) atoms. The predicted molar refractivity (Wildman–Crippen MR) is 36.8 cm³/mol. The molecule has 0 aliphatic heterocycles. The topological polar surface area (TPSA) is 80.4 Å². The van der Waals surface area contributed by atoms with Crippen LogP contribution in [0.25, 0.3) is 0 Å². The van der Waals surface area contributed by atoms with E-state index in [1.54, 1.807) is 6.29 Å². The lowest BCUT2D eigenvalue weighted by molar-refractivity contribution is 0.205. The van der Waals surface area contributed by atoms with Crippen LogP contribution in [0, 0.1) is 0 Å². The Balaban J connectivity index is 0. The van der Waals surface area contributed by atoms with E-state index in [1.807, 2.05) is 22.6 Å². The number of hydrogen-bond acceptors (Lipinski definition) is 2. The van der Waals surface area contributed by atoms with Crippen LogP contribution in [-0.4, -0.2) is 21.9 Å². The smallest absolute Gasteiger partial charge is 0.402 e. The molecule has 0 aliphatic carbocycles. The molecule has 0 saturated carbocycles. The molecule has 0 fully saturated rings. The lowest BCUT2D eigenvalue weighted by Gasteiger charge is -1.61. The van der Waals surface area contributed by atoms with Crippen molar-refractivity contribution in [2.75, 3.05) is 4.43 Å². The van der Waals surface area contributed by atoms with Crippen molar-refractivity contribution in [2.45, 2.75) is 0 Å². The van der Waals surface area contributed by atoms with Gasteiger partial charge in [-0.1, -0.05) is 22.6 Å². The van der Waals surface area contributed by atoms with Gasteiger partial charge in [-0.25, -0.2) is 4.79 Å². The Bertz CT molecular complexity index is 70.9. The van der Waals surface area contributed by atoms with E-state index >= 15 is 0 Å². The summed E-state index contributed by atoms with van der Waals surface area (Å²) in [5, 5.41) is 7.19. The number of carboxylic acid groups (broad SMARTS) is 1. The highest BCUT2D eigenvalue weighted by Crippen LogP contribution is 1.67. The summed E-state index contributed by atoms with van der Waals surface area (Å²) in [4.78, 5) is 17.8. The van der Waals surface area contributed by atoms with Gasteiger partial charge in [0, 0.05) is 0 Å². The highest BCUT2D eigenvalue weighted by atomic mass is 127. The summed E-state index contributed by atoms with van der Waals surface area (Å²) < 4.78 is 0.484. The van der Waals surface area contributed by atoms with Crippen molar-refractivity contribution in [1.82, 2.24) is 0 Å². The third kappa shape index (κ3) is 275. The predicted octanol–water partition coefficient (Wildman–Crippen LogP) is 0.154. The highest BCUT2D eigenvalue weighted by molar-refractivity contribution is 14.1. The van der Waals surface area contributed by atoms with Gasteiger partial charge in [-0.3, -0.25) is 4.79 Å². The highest BCUT2D eigenvalue weighted by Gasteiger charge is 1.65. The van der Waals surface area contributed by atoms with E-state index in [0.717, 1.165) is 0 Å². The van der Waals surface area contributed by atoms with Crippen LogP contribution in [0.1, 0.15) is 0 Å². The summed E-state index contributed by atoms with van der Waals surface area (Å²) in [6.07, 6.45) is 0.334. The molecular formula is C3H5INO3. The van der Waals surface area contributed by atoms with Crippen molar-refractivity contribution >= 4 is 35.0 Å². The van der Waals surface area contributed by atoms with Gasteiger partial charge in [-0.2, -0.15) is 0 Å². The number of hydrogen-bond donors (Lipinski definition) is 2. The fourth-order valence-corrected chi connectivity index (χ4v) is 0. The molecule has 0 heterocycles. The zero-order valence-corrected chi connectivity index (χ0v) is 6.08. The Labute approximate surface area is 60.2 Å². The molecule has 0 aromatic heterocycles. The molecule has 47 valence electrons. The molecule has 0 atom stereocenters. The molecule has 0 spiro atoms. The normalized spacial score (nSPS) is 6.12. The molecule has 4 nitrogen and oxygen atoms in total. The zero-order chi connectivity index (χ0) is 6.99. The fourth-order valence-electron chi connectivity index (χ4n) is 0. The number of alkyl halides is 1. The van der Waals surface area contributed by atoms with E-state index in [0.29, 0.717) is 4.43 Å². The number of carbonyl (C=O) groups excluding carboxylic acids is 1. The van der Waals surface area contributed by atoms with Crippen LogP contribution < -0.4 is 5.73 Å². The monoisotopic (exact) mass is 230 g/mol.